The second-order valence-corrected chi connectivity index (χ2v) is 4.75. The Balaban J connectivity index is 2.41. The van der Waals surface area contributed by atoms with Gasteiger partial charge in [-0.3, -0.25) is 4.79 Å². The van der Waals surface area contributed by atoms with Crippen molar-refractivity contribution in [3.63, 3.8) is 0 Å². The van der Waals surface area contributed by atoms with Crippen LogP contribution in [0.4, 0.5) is 0 Å². The molecule has 4 nitrogen and oxygen atoms in total. The minimum atomic E-state index is -0.396. The number of carbonyl (C=O) groups excluding carboxylic acids is 1. The van der Waals surface area contributed by atoms with Gasteiger partial charge in [0.2, 0.25) is 5.91 Å². The van der Waals surface area contributed by atoms with E-state index in [1.165, 1.54) is 0 Å². The first kappa shape index (κ1) is 12.5. The van der Waals surface area contributed by atoms with Crippen molar-refractivity contribution < 1.29 is 14.6 Å². The van der Waals surface area contributed by atoms with E-state index in [1.807, 2.05) is 18.7 Å². The van der Waals surface area contributed by atoms with Gasteiger partial charge in [-0.2, -0.15) is 0 Å². The van der Waals surface area contributed by atoms with Crippen molar-refractivity contribution in [2.45, 2.75) is 44.8 Å². The molecule has 0 aromatic heterocycles. The Hall–Kier alpha value is -0.610. The fourth-order valence-electron chi connectivity index (χ4n) is 1.66. The van der Waals surface area contributed by atoms with Crippen LogP contribution in [0.15, 0.2) is 0 Å². The lowest BCUT2D eigenvalue weighted by atomic mass is 10.0. The maximum absolute atomic E-state index is 11.8. The average Bonchev–Trinajstić information content (AvgIpc) is 2.18. The molecule has 1 aliphatic heterocycles. The first-order chi connectivity index (χ1) is 6.94. The van der Waals surface area contributed by atoms with Crippen LogP contribution in [0.5, 0.6) is 0 Å². The van der Waals surface area contributed by atoms with Crippen LogP contribution in [0.1, 0.15) is 33.1 Å². The summed E-state index contributed by atoms with van der Waals surface area (Å²) in [5.41, 5.74) is -0.396. The molecule has 1 N–H and O–H groups in total. The molecule has 0 bridgehead atoms. The smallest absolute Gasteiger partial charge is 0.225 e. The van der Waals surface area contributed by atoms with Crippen molar-refractivity contribution in [3.8, 4) is 0 Å². The summed E-state index contributed by atoms with van der Waals surface area (Å²) in [4.78, 5) is 13.7. The summed E-state index contributed by atoms with van der Waals surface area (Å²) in [5, 5.41) is 9.32. The van der Waals surface area contributed by atoms with Gasteiger partial charge in [0.25, 0.3) is 0 Å². The molecule has 1 fully saturated rings. The molecular weight excluding hydrogens is 194 g/mol. The molecule has 0 radical (unpaired) electrons. The van der Waals surface area contributed by atoms with E-state index in [9.17, 15) is 9.90 Å². The van der Waals surface area contributed by atoms with Gasteiger partial charge in [-0.05, 0) is 26.7 Å². The highest BCUT2D eigenvalue weighted by molar-refractivity contribution is 5.77. The summed E-state index contributed by atoms with van der Waals surface area (Å²) >= 11 is 0. The first-order valence-electron chi connectivity index (χ1n) is 5.45. The number of piperidine rings is 1. The molecule has 0 saturated carbocycles. The summed E-state index contributed by atoms with van der Waals surface area (Å²) in [6.45, 7) is 5.15. The Kier molecular flexibility index (Phi) is 4.11. The molecule has 1 heterocycles. The molecule has 15 heavy (non-hydrogen) atoms. The fraction of sp³-hybridized carbons (Fsp3) is 0.909. The maximum atomic E-state index is 11.8. The number of ether oxygens (including phenoxy) is 1. The fourth-order valence-corrected chi connectivity index (χ4v) is 1.66. The van der Waals surface area contributed by atoms with Crippen LogP contribution < -0.4 is 0 Å². The number of likely N-dealkylation sites (tertiary alicyclic amines) is 1. The molecule has 1 saturated heterocycles. The van der Waals surface area contributed by atoms with Crippen LogP contribution in [-0.4, -0.2) is 47.8 Å². The summed E-state index contributed by atoms with van der Waals surface area (Å²) in [6, 6.07) is 0. The standard InChI is InChI=1S/C11H21NO3/c1-11(2,15-3)8-10(14)12-6-4-9(13)5-7-12/h9,13H,4-8H2,1-3H3. The van der Waals surface area contributed by atoms with Gasteiger partial charge in [0.15, 0.2) is 0 Å². The van der Waals surface area contributed by atoms with E-state index < -0.39 is 5.60 Å². The third kappa shape index (κ3) is 3.80. The quantitative estimate of drug-likeness (QED) is 0.757. The van der Waals surface area contributed by atoms with E-state index in [0.29, 0.717) is 32.4 Å². The lowest BCUT2D eigenvalue weighted by molar-refractivity contribution is -0.138. The largest absolute Gasteiger partial charge is 0.393 e. The van der Waals surface area contributed by atoms with Crippen LogP contribution >= 0.6 is 0 Å². The highest BCUT2D eigenvalue weighted by atomic mass is 16.5. The Morgan fingerprint density at radius 2 is 2.00 bits per heavy atom. The van der Waals surface area contributed by atoms with E-state index in [4.69, 9.17) is 4.74 Å². The van der Waals surface area contributed by atoms with Crippen LogP contribution in [-0.2, 0) is 9.53 Å². The first-order valence-corrected chi connectivity index (χ1v) is 5.45. The summed E-state index contributed by atoms with van der Waals surface area (Å²) < 4.78 is 5.22. The zero-order chi connectivity index (χ0) is 11.5. The number of aliphatic hydroxyl groups is 1. The van der Waals surface area contributed by atoms with Crippen molar-refractivity contribution >= 4 is 5.91 Å². The maximum Gasteiger partial charge on any atom is 0.225 e. The van der Waals surface area contributed by atoms with Crippen molar-refractivity contribution in [2.24, 2.45) is 0 Å². The predicted molar refractivity (Wildman–Crippen MR) is 57.5 cm³/mol. The average molecular weight is 215 g/mol. The van der Waals surface area contributed by atoms with E-state index in [1.54, 1.807) is 7.11 Å². The van der Waals surface area contributed by atoms with Gasteiger partial charge in [0.05, 0.1) is 18.1 Å². The van der Waals surface area contributed by atoms with Gasteiger partial charge < -0.3 is 14.7 Å². The molecule has 0 atom stereocenters. The number of amides is 1. The van der Waals surface area contributed by atoms with E-state index in [-0.39, 0.29) is 12.0 Å². The molecule has 4 heteroatoms. The van der Waals surface area contributed by atoms with Gasteiger partial charge >= 0.3 is 0 Å². The second-order valence-electron chi connectivity index (χ2n) is 4.75. The summed E-state index contributed by atoms with van der Waals surface area (Å²) in [6.07, 6.45) is 1.56. The lowest BCUT2D eigenvalue weighted by Crippen LogP contribution is -2.43. The highest BCUT2D eigenvalue weighted by Crippen LogP contribution is 2.17. The zero-order valence-corrected chi connectivity index (χ0v) is 9.82. The molecule has 0 aromatic carbocycles. The van der Waals surface area contributed by atoms with Gasteiger partial charge in [0, 0.05) is 20.2 Å². The highest BCUT2D eigenvalue weighted by Gasteiger charge is 2.27. The number of hydrogen-bond acceptors (Lipinski definition) is 3. The van der Waals surface area contributed by atoms with Crippen molar-refractivity contribution in [2.75, 3.05) is 20.2 Å². The summed E-state index contributed by atoms with van der Waals surface area (Å²) in [5.74, 6) is 0.119. The molecule has 1 rings (SSSR count). The number of nitrogens with zero attached hydrogens (tertiary/aromatic N) is 1. The van der Waals surface area contributed by atoms with Crippen LogP contribution in [0.25, 0.3) is 0 Å². The molecule has 0 aromatic rings. The van der Waals surface area contributed by atoms with Crippen LogP contribution in [0.3, 0.4) is 0 Å². The van der Waals surface area contributed by atoms with Crippen molar-refractivity contribution in [3.05, 3.63) is 0 Å². The summed E-state index contributed by atoms with van der Waals surface area (Å²) in [7, 11) is 1.62. The molecule has 0 aliphatic carbocycles. The predicted octanol–water partition coefficient (Wildman–Crippen LogP) is 0.785. The minimum absolute atomic E-state index is 0.119. The molecule has 1 amide bonds. The number of carbonyl (C=O) groups is 1. The SMILES string of the molecule is COC(C)(C)CC(=O)N1CCC(O)CC1. The normalized spacial score (nSPS) is 19.3. The molecular formula is C11H21NO3. The molecule has 88 valence electrons. The van der Waals surface area contributed by atoms with E-state index in [2.05, 4.69) is 0 Å². The van der Waals surface area contributed by atoms with Gasteiger partial charge in [-0.15, -0.1) is 0 Å². The van der Waals surface area contributed by atoms with E-state index >= 15 is 0 Å². The molecule has 1 aliphatic rings. The van der Waals surface area contributed by atoms with Gasteiger partial charge in [0.1, 0.15) is 0 Å². The number of aliphatic hydroxyl groups excluding tert-OH is 1. The Bertz CT molecular complexity index is 220. The number of rotatable bonds is 3. The molecule has 0 unspecified atom stereocenters. The van der Waals surface area contributed by atoms with Gasteiger partial charge in [-0.1, -0.05) is 0 Å². The lowest BCUT2D eigenvalue weighted by Gasteiger charge is -2.32. The Labute approximate surface area is 91.2 Å². The van der Waals surface area contributed by atoms with Crippen LogP contribution in [0.2, 0.25) is 0 Å². The zero-order valence-electron chi connectivity index (χ0n) is 9.82. The number of methoxy groups -OCH3 is 1. The van der Waals surface area contributed by atoms with Crippen LogP contribution in [0, 0.1) is 0 Å². The number of hydrogen-bond donors (Lipinski definition) is 1. The van der Waals surface area contributed by atoms with Gasteiger partial charge in [-0.25, -0.2) is 0 Å². The monoisotopic (exact) mass is 215 g/mol. The van der Waals surface area contributed by atoms with Crippen molar-refractivity contribution in [1.82, 2.24) is 4.90 Å². The topological polar surface area (TPSA) is 49.8 Å². The molecule has 0 spiro atoms. The Morgan fingerprint density at radius 3 is 2.47 bits per heavy atom. The third-order valence-corrected chi connectivity index (χ3v) is 2.95. The minimum Gasteiger partial charge on any atom is -0.393 e. The second kappa shape index (κ2) is 4.94. The van der Waals surface area contributed by atoms with Crippen molar-refractivity contribution in [1.29, 1.82) is 0 Å². The van der Waals surface area contributed by atoms with E-state index in [0.717, 1.165) is 0 Å². The Morgan fingerprint density at radius 1 is 1.47 bits per heavy atom. The third-order valence-electron chi connectivity index (χ3n) is 2.95.